The molecular weight excluding hydrogens is 402 g/mol. The number of fused-ring (bicyclic) bond motifs is 1. The first-order chi connectivity index (χ1) is 14.4. The number of aryl methyl sites for hydroxylation is 2. The zero-order valence-electron chi connectivity index (χ0n) is 17.0. The van der Waals surface area contributed by atoms with Crippen LogP contribution in [-0.2, 0) is 27.7 Å². The molecular formula is C22H27N3O4S. The largest absolute Gasteiger partial charge is 0.352 e. The third-order valence-electron chi connectivity index (χ3n) is 5.02. The number of amides is 2. The summed E-state index contributed by atoms with van der Waals surface area (Å²) in [5.41, 5.74) is 3.24. The van der Waals surface area contributed by atoms with Crippen molar-refractivity contribution in [3.63, 3.8) is 0 Å². The first-order valence-electron chi connectivity index (χ1n) is 10.2. The molecule has 0 aliphatic heterocycles. The van der Waals surface area contributed by atoms with Crippen molar-refractivity contribution in [2.24, 2.45) is 0 Å². The summed E-state index contributed by atoms with van der Waals surface area (Å²) in [5, 5.41) is 5.39. The molecule has 2 aromatic rings. The highest BCUT2D eigenvalue weighted by atomic mass is 32.2. The quantitative estimate of drug-likeness (QED) is 0.600. The van der Waals surface area contributed by atoms with E-state index in [0.29, 0.717) is 17.8 Å². The minimum Gasteiger partial charge on any atom is -0.352 e. The van der Waals surface area contributed by atoms with E-state index in [1.165, 1.54) is 5.56 Å². The van der Waals surface area contributed by atoms with Crippen LogP contribution in [0, 0.1) is 0 Å². The molecule has 1 aliphatic rings. The maximum absolute atomic E-state index is 12.6. The molecule has 0 unspecified atom stereocenters. The minimum absolute atomic E-state index is 0.0126. The Morgan fingerprint density at radius 2 is 1.77 bits per heavy atom. The van der Waals surface area contributed by atoms with Gasteiger partial charge in [-0.3, -0.25) is 9.59 Å². The van der Waals surface area contributed by atoms with Crippen LogP contribution in [0.1, 0.15) is 47.7 Å². The molecule has 0 bridgehead atoms. The van der Waals surface area contributed by atoms with Crippen molar-refractivity contribution in [3.05, 3.63) is 59.2 Å². The molecule has 0 heterocycles. The Morgan fingerprint density at radius 1 is 1.00 bits per heavy atom. The Balaban J connectivity index is 1.54. The average molecular weight is 430 g/mol. The van der Waals surface area contributed by atoms with E-state index in [9.17, 15) is 18.0 Å². The maximum Gasteiger partial charge on any atom is 0.251 e. The van der Waals surface area contributed by atoms with Crippen LogP contribution in [0.4, 0.5) is 5.69 Å². The van der Waals surface area contributed by atoms with Crippen LogP contribution >= 0.6 is 0 Å². The highest BCUT2D eigenvalue weighted by Gasteiger charge is 2.18. The van der Waals surface area contributed by atoms with Gasteiger partial charge in [-0.15, -0.1) is 0 Å². The number of benzene rings is 2. The van der Waals surface area contributed by atoms with Crippen molar-refractivity contribution >= 4 is 27.5 Å². The smallest absolute Gasteiger partial charge is 0.251 e. The van der Waals surface area contributed by atoms with Gasteiger partial charge < -0.3 is 10.6 Å². The molecule has 0 fully saturated rings. The van der Waals surface area contributed by atoms with E-state index in [2.05, 4.69) is 15.4 Å². The third kappa shape index (κ3) is 5.67. The number of anilines is 1. The van der Waals surface area contributed by atoms with Crippen LogP contribution in [-0.4, -0.2) is 33.3 Å². The van der Waals surface area contributed by atoms with Crippen LogP contribution < -0.4 is 15.4 Å². The van der Waals surface area contributed by atoms with Crippen molar-refractivity contribution in [3.8, 4) is 0 Å². The second-order valence-electron chi connectivity index (χ2n) is 7.27. The van der Waals surface area contributed by atoms with Crippen molar-refractivity contribution in [2.75, 3.05) is 18.4 Å². The van der Waals surface area contributed by atoms with Gasteiger partial charge in [0.05, 0.1) is 4.90 Å². The molecule has 0 aromatic heterocycles. The number of sulfonamides is 1. The van der Waals surface area contributed by atoms with E-state index in [-0.39, 0.29) is 29.7 Å². The maximum atomic E-state index is 12.6. The molecule has 8 heteroatoms. The molecule has 3 rings (SSSR count). The fraction of sp³-hybridized carbons (Fsp3) is 0.364. The second-order valence-corrected chi connectivity index (χ2v) is 9.04. The highest BCUT2D eigenvalue weighted by Crippen LogP contribution is 2.24. The fourth-order valence-corrected chi connectivity index (χ4v) is 4.57. The number of hydrogen-bond acceptors (Lipinski definition) is 4. The third-order valence-corrected chi connectivity index (χ3v) is 6.48. The molecule has 3 N–H and O–H groups in total. The molecule has 0 radical (unpaired) electrons. The molecule has 30 heavy (non-hydrogen) atoms. The van der Waals surface area contributed by atoms with Crippen LogP contribution in [0.2, 0.25) is 0 Å². The Bertz CT molecular complexity index is 1030. The molecule has 160 valence electrons. The monoisotopic (exact) mass is 429 g/mol. The molecule has 0 saturated heterocycles. The first kappa shape index (κ1) is 22.0. The SMILES string of the molecule is CCNC(=O)c1cccc(NC(=O)CCNS(=O)(=O)c2ccc3c(c2)CCCC3)c1. The van der Waals surface area contributed by atoms with Crippen molar-refractivity contribution in [2.45, 2.75) is 43.9 Å². The van der Waals surface area contributed by atoms with E-state index in [1.54, 1.807) is 36.4 Å². The van der Waals surface area contributed by atoms with Gasteiger partial charge in [0.1, 0.15) is 0 Å². The molecule has 1 aliphatic carbocycles. The van der Waals surface area contributed by atoms with Gasteiger partial charge in [-0.1, -0.05) is 12.1 Å². The van der Waals surface area contributed by atoms with Gasteiger partial charge in [-0.2, -0.15) is 0 Å². The summed E-state index contributed by atoms with van der Waals surface area (Å²) in [5.74, 6) is -0.553. The van der Waals surface area contributed by atoms with Gasteiger partial charge in [0.15, 0.2) is 0 Å². The normalized spacial score (nSPS) is 13.4. The summed E-state index contributed by atoms with van der Waals surface area (Å²) in [6, 6.07) is 11.9. The predicted octanol–water partition coefficient (Wildman–Crippen LogP) is 2.62. The number of hydrogen-bond donors (Lipinski definition) is 3. The van der Waals surface area contributed by atoms with E-state index in [0.717, 1.165) is 31.2 Å². The zero-order valence-corrected chi connectivity index (χ0v) is 17.8. The molecule has 0 atom stereocenters. The summed E-state index contributed by atoms with van der Waals surface area (Å²) in [7, 11) is -3.67. The van der Waals surface area contributed by atoms with Crippen molar-refractivity contribution in [1.82, 2.24) is 10.0 Å². The molecule has 0 spiro atoms. The van der Waals surface area contributed by atoms with Gasteiger partial charge >= 0.3 is 0 Å². The number of carbonyl (C=O) groups excluding carboxylic acids is 2. The lowest BCUT2D eigenvalue weighted by atomic mass is 9.92. The van der Waals surface area contributed by atoms with Crippen LogP contribution in [0.25, 0.3) is 0 Å². The summed E-state index contributed by atoms with van der Waals surface area (Å²) < 4.78 is 27.6. The lowest BCUT2D eigenvalue weighted by Crippen LogP contribution is -2.28. The second kappa shape index (κ2) is 9.86. The zero-order chi connectivity index (χ0) is 21.6. The van der Waals surface area contributed by atoms with E-state index >= 15 is 0 Å². The fourth-order valence-electron chi connectivity index (χ4n) is 3.48. The van der Waals surface area contributed by atoms with Crippen molar-refractivity contribution < 1.29 is 18.0 Å². The standard InChI is InChI=1S/C22H27N3O4S/c1-2-23-22(27)18-8-5-9-19(14-18)25-21(26)12-13-24-30(28,29)20-11-10-16-6-3-4-7-17(16)15-20/h5,8-11,14-15,24H,2-4,6-7,12-13H2,1H3,(H,23,27)(H,25,26). The van der Waals surface area contributed by atoms with Gasteiger partial charge in [0.2, 0.25) is 15.9 Å². The topological polar surface area (TPSA) is 104 Å². The van der Waals surface area contributed by atoms with Crippen LogP contribution in [0.5, 0.6) is 0 Å². The average Bonchev–Trinajstić information content (AvgIpc) is 2.73. The van der Waals surface area contributed by atoms with E-state index in [4.69, 9.17) is 0 Å². The van der Waals surface area contributed by atoms with Crippen LogP contribution in [0.3, 0.4) is 0 Å². The summed E-state index contributed by atoms with van der Waals surface area (Å²) in [6.07, 6.45) is 4.08. The molecule has 0 saturated carbocycles. The highest BCUT2D eigenvalue weighted by molar-refractivity contribution is 7.89. The first-order valence-corrected chi connectivity index (χ1v) is 11.7. The Labute approximate surface area is 177 Å². The van der Waals surface area contributed by atoms with Crippen LogP contribution in [0.15, 0.2) is 47.4 Å². The lowest BCUT2D eigenvalue weighted by Gasteiger charge is -2.16. The van der Waals surface area contributed by atoms with Gasteiger partial charge in [-0.25, -0.2) is 13.1 Å². The van der Waals surface area contributed by atoms with Gasteiger partial charge in [0, 0.05) is 30.8 Å². The molecule has 2 amide bonds. The minimum atomic E-state index is -3.67. The Hall–Kier alpha value is -2.71. The Morgan fingerprint density at radius 3 is 2.53 bits per heavy atom. The molecule has 7 nitrogen and oxygen atoms in total. The summed E-state index contributed by atoms with van der Waals surface area (Å²) in [6.45, 7) is 2.33. The number of nitrogens with one attached hydrogen (secondary N) is 3. The lowest BCUT2D eigenvalue weighted by molar-refractivity contribution is -0.116. The number of carbonyl (C=O) groups is 2. The van der Waals surface area contributed by atoms with E-state index in [1.807, 2.05) is 13.0 Å². The van der Waals surface area contributed by atoms with Gasteiger partial charge in [0.25, 0.3) is 5.91 Å². The summed E-state index contributed by atoms with van der Waals surface area (Å²) >= 11 is 0. The van der Waals surface area contributed by atoms with Gasteiger partial charge in [-0.05, 0) is 74.1 Å². The number of rotatable bonds is 8. The predicted molar refractivity (Wildman–Crippen MR) is 116 cm³/mol. The summed E-state index contributed by atoms with van der Waals surface area (Å²) in [4.78, 5) is 24.3. The molecule has 2 aromatic carbocycles. The van der Waals surface area contributed by atoms with Crippen molar-refractivity contribution in [1.29, 1.82) is 0 Å². The Kier molecular flexibility index (Phi) is 7.23. The van der Waals surface area contributed by atoms with E-state index < -0.39 is 10.0 Å².